The van der Waals surface area contributed by atoms with Gasteiger partial charge in [-0.05, 0) is 26.2 Å². The van der Waals surface area contributed by atoms with E-state index in [-0.39, 0.29) is 12.5 Å². The molecule has 98 valence electrons. The van der Waals surface area contributed by atoms with Crippen LogP contribution in [0.5, 0.6) is 0 Å². The molecule has 6 heteroatoms. The number of carbonyl (C=O) groups excluding carboxylic acids is 1. The molecule has 2 rings (SSSR count). The molecule has 18 heavy (non-hydrogen) atoms. The summed E-state index contributed by atoms with van der Waals surface area (Å²) >= 11 is 0. The Labute approximate surface area is 106 Å². The van der Waals surface area contributed by atoms with E-state index in [1.165, 1.54) is 26.4 Å². The zero-order valence-electron chi connectivity index (χ0n) is 10.7. The lowest BCUT2D eigenvalue weighted by Gasteiger charge is -2.27. The Kier molecular flexibility index (Phi) is 3.96. The first-order valence-electron chi connectivity index (χ1n) is 6.10. The summed E-state index contributed by atoms with van der Waals surface area (Å²) in [7, 11) is 1.36. The number of rotatable bonds is 5. The number of aromatic nitrogens is 2. The number of nitrogens with zero attached hydrogens (tertiary/aromatic N) is 2. The van der Waals surface area contributed by atoms with Crippen LogP contribution in [0, 0.1) is 6.92 Å². The molecule has 0 radical (unpaired) electrons. The van der Waals surface area contributed by atoms with E-state index < -0.39 is 0 Å². The lowest BCUT2D eigenvalue weighted by Crippen LogP contribution is -2.27. The van der Waals surface area contributed by atoms with E-state index >= 15 is 0 Å². The van der Waals surface area contributed by atoms with Crippen LogP contribution in [0.25, 0.3) is 0 Å². The smallest absolute Gasteiger partial charge is 0.325 e. The van der Waals surface area contributed by atoms with Crippen molar-refractivity contribution < 1.29 is 9.53 Å². The number of esters is 1. The van der Waals surface area contributed by atoms with Crippen LogP contribution in [0.2, 0.25) is 0 Å². The van der Waals surface area contributed by atoms with Crippen LogP contribution < -0.4 is 10.6 Å². The van der Waals surface area contributed by atoms with Gasteiger partial charge in [0.25, 0.3) is 0 Å². The summed E-state index contributed by atoms with van der Waals surface area (Å²) in [5, 5.41) is 6.27. The molecular formula is C12H18N4O2. The Hall–Kier alpha value is -1.85. The first-order valence-corrected chi connectivity index (χ1v) is 6.10. The van der Waals surface area contributed by atoms with E-state index in [0.717, 1.165) is 5.82 Å². The molecule has 0 saturated heterocycles. The van der Waals surface area contributed by atoms with E-state index in [9.17, 15) is 4.79 Å². The van der Waals surface area contributed by atoms with Crippen LogP contribution in [0.4, 0.5) is 11.6 Å². The van der Waals surface area contributed by atoms with Gasteiger partial charge in [-0.25, -0.2) is 9.97 Å². The van der Waals surface area contributed by atoms with Crippen LogP contribution >= 0.6 is 0 Å². The number of methoxy groups -OCH3 is 1. The topological polar surface area (TPSA) is 76.1 Å². The van der Waals surface area contributed by atoms with E-state index in [4.69, 9.17) is 0 Å². The predicted octanol–water partition coefficient (Wildman–Crippen LogP) is 1.33. The first kappa shape index (κ1) is 12.6. The Balaban J connectivity index is 1.98. The first-order chi connectivity index (χ1) is 8.67. The minimum absolute atomic E-state index is 0.107. The number of anilines is 2. The lowest BCUT2D eigenvalue weighted by atomic mass is 9.93. The summed E-state index contributed by atoms with van der Waals surface area (Å²) in [5.41, 5.74) is 0. The van der Waals surface area contributed by atoms with Crippen LogP contribution in [0.1, 0.15) is 25.1 Å². The highest BCUT2D eigenvalue weighted by molar-refractivity contribution is 5.74. The molecular weight excluding hydrogens is 232 g/mol. The van der Waals surface area contributed by atoms with E-state index in [1.807, 2.05) is 13.0 Å². The van der Waals surface area contributed by atoms with Gasteiger partial charge in [-0.1, -0.05) is 0 Å². The van der Waals surface area contributed by atoms with E-state index in [1.54, 1.807) is 0 Å². The van der Waals surface area contributed by atoms with E-state index in [0.29, 0.717) is 17.7 Å². The highest BCUT2D eigenvalue weighted by atomic mass is 16.5. The van der Waals surface area contributed by atoms with Gasteiger partial charge in [0.05, 0.1) is 7.11 Å². The SMILES string of the molecule is COC(=O)CNc1cc(NC2CCC2)nc(C)n1. The number of ether oxygens (including phenoxy) is 1. The standard InChI is InChI=1S/C12H18N4O2/c1-8-14-10(13-7-12(17)18-2)6-11(15-8)16-9-4-3-5-9/h6,9H,3-5,7H2,1-2H3,(H2,13,14,15,16). The summed E-state index contributed by atoms with van der Waals surface area (Å²) in [4.78, 5) is 19.6. The molecule has 6 nitrogen and oxygen atoms in total. The summed E-state index contributed by atoms with van der Waals surface area (Å²) in [6.45, 7) is 1.94. The van der Waals surface area contributed by atoms with E-state index in [2.05, 4.69) is 25.3 Å². The van der Waals surface area contributed by atoms with Crippen molar-refractivity contribution in [2.24, 2.45) is 0 Å². The largest absolute Gasteiger partial charge is 0.468 e. The average Bonchev–Trinajstić information content (AvgIpc) is 2.30. The zero-order chi connectivity index (χ0) is 13.0. The Morgan fingerprint density at radius 2 is 2.17 bits per heavy atom. The summed E-state index contributed by atoms with van der Waals surface area (Å²) in [6.07, 6.45) is 3.65. The van der Waals surface area contributed by atoms with Gasteiger partial charge in [0.15, 0.2) is 0 Å². The molecule has 1 aromatic rings. The van der Waals surface area contributed by atoms with Crippen molar-refractivity contribution >= 4 is 17.6 Å². The Morgan fingerprint density at radius 1 is 1.44 bits per heavy atom. The number of hydrogen-bond donors (Lipinski definition) is 2. The third-order valence-electron chi connectivity index (χ3n) is 2.94. The number of aryl methyl sites for hydroxylation is 1. The van der Waals surface area contributed by atoms with Crippen LogP contribution in [-0.4, -0.2) is 35.6 Å². The average molecular weight is 250 g/mol. The van der Waals surface area contributed by atoms with Gasteiger partial charge in [0.2, 0.25) is 0 Å². The van der Waals surface area contributed by atoms with Crippen molar-refractivity contribution in [2.75, 3.05) is 24.3 Å². The maximum atomic E-state index is 11.0. The van der Waals surface area contributed by atoms with Gasteiger partial charge in [0.1, 0.15) is 24.0 Å². The normalized spacial score (nSPS) is 14.8. The van der Waals surface area contributed by atoms with Crippen molar-refractivity contribution in [2.45, 2.75) is 32.2 Å². The minimum atomic E-state index is -0.320. The number of nitrogens with one attached hydrogen (secondary N) is 2. The van der Waals surface area contributed by atoms with Gasteiger partial charge >= 0.3 is 5.97 Å². The van der Waals surface area contributed by atoms with Crippen molar-refractivity contribution in [3.63, 3.8) is 0 Å². The summed E-state index contributed by atoms with van der Waals surface area (Å²) in [5.74, 6) is 1.79. The highest BCUT2D eigenvalue weighted by Gasteiger charge is 2.17. The maximum Gasteiger partial charge on any atom is 0.325 e. The van der Waals surface area contributed by atoms with Crippen molar-refractivity contribution in [3.8, 4) is 0 Å². The third-order valence-corrected chi connectivity index (χ3v) is 2.94. The maximum absolute atomic E-state index is 11.0. The fourth-order valence-electron chi connectivity index (χ4n) is 1.73. The summed E-state index contributed by atoms with van der Waals surface area (Å²) in [6, 6.07) is 2.33. The van der Waals surface area contributed by atoms with Crippen LogP contribution in [0.15, 0.2) is 6.07 Å². The Bertz CT molecular complexity index is 432. The number of carbonyl (C=O) groups is 1. The molecule has 0 aliphatic heterocycles. The molecule has 0 bridgehead atoms. The Morgan fingerprint density at radius 3 is 2.78 bits per heavy atom. The molecule has 1 aromatic heterocycles. The predicted molar refractivity (Wildman–Crippen MR) is 68.5 cm³/mol. The fraction of sp³-hybridized carbons (Fsp3) is 0.583. The van der Waals surface area contributed by atoms with Gasteiger partial charge < -0.3 is 15.4 Å². The molecule has 0 aromatic carbocycles. The number of hydrogen-bond acceptors (Lipinski definition) is 6. The van der Waals surface area contributed by atoms with Gasteiger partial charge in [0, 0.05) is 12.1 Å². The fourth-order valence-corrected chi connectivity index (χ4v) is 1.73. The molecule has 2 N–H and O–H groups in total. The van der Waals surface area contributed by atoms with Crippen molar-refractivity contribution in [3.05, 3.63) is 11.9 Å². The van der Waals surface area contributed by atoms with Crippen LogP contribution in [-0.2, 0) is 9.53 Å². The molecule has 1 aliphatic rings. The van der Waals surface area contributed by atoms with Crippen molar-refractivity contribution in [1.82, 2.24) is 9.97 Å². The summed E-state index contributed by atoms with van der Waals surface area (Å²) < 4.78 is 4.56. The molecule has 0 spiro atoms. The molecule has 0 unspecified atom stereocenters. The quantitative estimate of drug-likeness (QED) is 0.768. The minimum Gasteiger partial charge on any atom is -0.468 e. The zero-order valence-corrected chi connectivity index (χ0v) is 10.7. The van der Waals surface area contributed by atoms with Gasteiger partial charge in [-0.2, -0.15) is 0 Å². The highest BCUT2D eigenvalue weighted by Crippen LogP contribution is 2.23. The second kappa shape index (κ2) is 5.66. The third kappa shape index (κ3) is 3.32. The second-order valence-electron chi connectivity index (χ2n) is 4.39. The van der Waals surface area contributed by atoms with Crippen LogP contribution in [0.3, 0.4) is 0 Å². The molecule has 1 aliphatic carbocycles. The second-order valence-corrected chi connectivity index (χ2v) is 4.39. The van der Waals surface area contributed by atoms with Gasteiger partial charge in [-0.3, -0.25) is 4.79 Å². The molecule has 0 atom stereocenters. The lowest BCUT2D eigenvalue weighted by molar-refractivity contribution is -0.138. The molecule has 0 amide bonds. The molecule has 1 saturated carbocycles. The monoisotopic (exact) mass is 250 g/mol. The van der Waals surface area contributed by atoms with Crippen molar-refractivity contribution in [1.29, 1.82) is 0 Å². The molecule has 1 heterocycles. The molecule has 1 fully saturated rings. The van der Waals surface area contributed by atoms with Gasteiger partial charge in [-0.15, -0.1) is 0 Å².